The van der Waals surface area contributed by atoms with Crippen molar-refractivity contribution in [1.29, 1.82) is 0 Å². The number of thiophene rings is 1. The molecule has 5 aromatic rings. The van der Waals surface area contributed by atoms with Gasteiger partial charge in [-0.1, -0.05) is 23.4 Å². The van der Waals surface area contributed by atoms with Crippen molar-refractivity contribution in [3.05, 3.63) is 80.6 Å². The smallest absolute Gasteiger partial charge is 0.294 e. The summed E-state index contributed by atoms with van der Waals surface area (Å²) in [6, 6.07) is 9.86. The Morgan fingerprint density at radius 1 is 1.20 bits per heavy atom. The molecule has 4 aromatic heterocycles. The lowest BCUT2D eigenvalue weighted by Gasteiger charge is -2.05. The Morgan fingerprint density at radius 2 is 2.07 bits per heavy atom. The number of hydrogen-bond donors (Lipinski definition) is 0. The Hall–Kier alpha value is -4.19. The maximum Gasteiger partial charge on any atom is 0.294 e. The van der Waals surface area contributed by atoms with Crippen LogP contribution >= 0.6 is 11.3 Å². The van der Waals surface area contributed by atoms with E-state index in [1.807, 2.05) is 17.5 Å². The number of benzene rings is 1. The molecule has 0 bridgehead atoms. The van der Waals surface area contributed by atoms with Gasteiger partial charge in [-0.25, -0.2) is 9.67 Å². The maximum absolute atomic E-state index is 12.9. The Balaban J connectivity index is 1.52. The highest BCUT2D eigenvalue weighted by Crippen LogP contribution is 2.24. The van der Waals surface area contributed by atoms with Crippen LogP contribution in [0.25, 0.3) is 27.5 Å². The summed E-state index contributed by atoms with van der Waals surface area (Å²) in [7, 11) is 0. The minimum Gasteiger partial charge on any atom is -0.333 e. The van der Waals surface area contributed by atoms with E-state index in [0.29, 0.717) is 11.7 Å². The first-order valence-corrected chi connectivity index (χ1v) is 9.53. The predicted molar refractivity (Wildman–Crippen MR) is 106 cm³/mol. The minimum atomic E-state index is -0.508. The lowest BCUT2D eigenvalue weighted by molar-refractivity contribution is -0.384. The zero-order valence-electron chi connectivity index (χ0n) is 15.1. The highest BCUT2D eigenvalue weighted by molar-refractivity contribution is 7.13. The molecule has 1 aromatic carbocycles. The van der Waals surface area contributed by atoms with E-state index in [9.17, 15) is 14.9 Å². The van der Waals surface area contributed by atoms with Crippen LogP contribution in [0.4, 0.5) is 5.69 Å². The van der Waals surface area contributed by atoms with E-state index in [-0.39, 0.29) is 34.5 Å². The van der Waals surface area contributed by atoms with Crippen molar-refractivity contribution >= 4 is 28.1 Å². The van der Waals surface area contributed by atoms with Gasteiger partial charge in [0.2, 0.25) is 0 Å². The van der Waals surface area contributed by atoms with Gasteiger partial charge in [0.1, 0.15) is 17.4 Å². The number of nitro benzene ring substituents is 1. The van der Waals surface area contributed by atoms with Gasteiger partial charge in [0, 0.05) is 6.07 Å². The molecule has 0 N–H and O–H groups in total. The second kappa shape index (κ2) is 7.00. The molecule has 4 heterocycles. The predicted octanol–water partition coefficient (Wildman–Crippen LogP) is 2.65. The molecule has 0 amide bonds. The molecule has 0 aliphatic rings. The molecule has 0 aliphatic carbocycles. The second-order valence-electron chi connectivity index (χ2n) is 6.21. The first-order chi connectivity index (χ1) is 14.6. The fourth-order valence-corrected chi connectivity index (χ4v) is 3.65. The molecule has 0 saturated carbocycles. The molecule has 0 radical (unpaired) electrons. The highest BCUT2D eigenvalue weighted by Gasteiger charge is 2.19. The standard InChI is InChI=1S/C18H11N7O4S/c26-18-11-8-20-24(12-4-1-2-5-13(12)25(27)28)16(11)19-10-23(18)9-15-21-17(29-22-15)14-6-3-7-30-14/h1-8,10H,9H2. The van der Waals surface area contributed by atoms with E-state index in [4.69, 9.17) is 4.52 Å². The first kappa shape index (κ1) is 17.9. The van der Waals surface area contributed by atoms with Gasteiger partial charge in [0.25, 0.3) is 17.1 Å². The van der Waals surface area contributed by atoms with Gasteiger partial charge in [-0.3, -0.25) is 19.5 Å². The summed E-state index contributed by atoms with van der Waals surface area (Å²) in [6.45, 7) is 0.0628. The van der Waals surface area contributed by atoms with Crippen molar-refractivity contribution in [2.45, 2.75) is 6.54 Å². The zero-order valence-corrected chi connectivity index (χ0v) is 15.9. The van der Waals surface area contributed by atoms with E-state index < -0.39 is 4.92 Å². The third-order valence-corrected chi connectivity index (χ3v) is 5.23. The molecule has 11 nitrogen and oxygen atoms in total. The fourth-order valence-electron chi connectivity index (χ4n) is 3.01. The second-order valence-corrected chi connectivity index (χ2v) is 7.16. The molecule has 0 aliphatic heterocycles. The van der Waals surface area contributed by atoms with Crippen LogP contribution in [0.1, 0.15) is 5.82 Å². The van der Waals surface area contributed by atoms with Crippen LogP contribution in [0.15, 0.2) is 63.6 Å². The van der Waals surface area contributed by atoms with Gasteiger partial charge >= 0.3 is 0 Å². The van der Waals surface area contributed by atoms with Crippen molar-refractivity contribution in [2.75, 3.05) is 0 Å². The summed E-state index contributed by atoms with van der Waals surface area (Å²) in [6.07, 6.45) is 2.67. The molecule has 0 saturated heterocycles. The van der Waals surface area contributed by atoms with Crippen molar-refractivity contribution in [2.24, 2.45) is 0 Å². The lowest BCUT2D eigenvalue weighted by Crippen LogP contribution is -2.21. The van der Waals surface area contributed by atoms with E-state index in [1.165, 1.54) is 39.2 Å². The van der Waals surface area contributed by atoms with Gasteiger partial charge < -0.3 is 4.52 Å². The highest BCUT2D eigenvalue weighted by atomic mass is 32.1. The minimum absolute atomic E-state index is 0.0628. The molecule has 12 heteroatoms. The summed E-state index contributed by atoms with van der Waals surface area (Å²) in [5.74, 6) is 0.707. The molecular formula is C18H11N7O4S. The van der Waals surface area contributed by atoms with Crippen molar-refractivity contribution in [3.63, 3.8) is 0 Å². The normalized spacial score (nSPS) is 11.2. The Labute approximate surface area is 171 Å². The Bertz CT molecular complexity index is 1430. The fraction of sp³-hybridized carbons (Fsp3) is 0.0556. The molecule has 0 atom stereocenters. The molecule has 5 rings (SSSR count). The molecule has 148 valence electrons. The summed E-state index contributed by atoms with van der Waals surface area (Å²) in [4.78, 5) is 33.1. The molecule has 30 heavy (non-hydrogen) atoms. The monoisotopic (exact) mass is 421 g/mol. The maximum atomic E-state index is 12.9. The van der Waals surface area contributed by atoms with E-state index in [0.717, 1.165) is 4.88 Å². The van der Waals surface area contributed by atoms with Gasteiger partial charge in [0.15, 0.2) is 11.5 Å². The van der Waals surface area contributed by atoms with E-state index in [2.05, 4.69) is 20.2 Å². The van der Waals surface area contributed by atoms with Crippen molar-refractivity contribution in [3.8, 4) is 16.5 Å². The average Bonchev–Trinajstić information content (AvgIpc) is 3.50. The lowest BCUT2D eigenvalue weighted by atomic mass is 10.2. The van der Waals surface area contributed by atoms with Crippen molar-refractivity contribution < 1.29 is 9.45 Å². The first-order valence-electron chi connectivity index (χ1n) is 8.65. The third kappa shape index (κ3) is 2.95. The molecule has 0 fully saturated rings. The number of nitro groups is 1. The van der Waals surface area contributed by atoms with E-state index >= 15 is 0 Å². The number of hydrogen-bond acceptors (Lipinski definition) is 9. The van der Waals surface area contributed by atoms with E-state index in [1.54, 1.807) is 18.2 Å². The summed E-state index contributed by atoms with van der Waals surface area (Å²) < 4.78 is 7.85. The topological polar surface area (TPSA) is 135 Å². The van der Waals surface area contributed by atoms with Crippen LogP contribution in [0, 0.1) is 10.1 Å². The number of fused-ring (bicyclic) bond motifs is 1. The quantitative estimate of drug-likeness (QED) is 0.312. The van der Waals surface area contributed by atoms with Gasteiger partial charge in [-0.15, -0.1) is 11.3 Å². The van der Waals surface area contributed by atoms with Gasteiger partial charge in [-0.05, 0) is 17.5 Å². The largest absolute Gasteiger partial charge is 0.333 e. The average molecular weight is 421 g/mol. The Morgan fingerprint density at radius 3 is 2.87 bits per heavy atom. The summed E-state index contributed by atoms with van der Waals surface area (Å²) in [5, 5.41) is 21.5. The summed E-state index contributed by atoms with van der Waals surface area (Å²) in [5.41, 5.74) is -0.0625. The Kier molecular flexibility index (Phi) is 4.17. The van der Waals surface area contributed by atoms with Crippen LogP contribution in [0.2, 0.25) is 0 Å². The number of rotatable bonds is 5. The van der Waals surface area contributed by atoms with Crippen LogP contribution in [-0.2, 0) is 6.54 Å². The van der Waals surface area contributed by atoms with Crippen LogP contribution in [0.3, 0.4) is 0 Å². The zero-order chi connectivity index (χ0) is 20.7. The van der Waals surface area contributed by atoms with Crippen molar-refractivity contribution in [1.82, 2.24) is 29.5 Å². The molecule has 0 spiro atoms. The van der Waals surface area contributed by atoms with Crippen LogP contribution in [-0.4, -0.2) is 34.4 Å². The van der Waals surface area contributed by atoms with Crippen LogP contribution in [0.5, 0.6) is 0 Å². The number of aromatic nitrogens is 6. The SMILES string of the molecule is O=c1c2cnn(-c3ccccc3[N+](=O)[O-])c2ncn1Cc1noc(-c2cccs2)n1. The molecular weight excluding hydrogens is 410 g/mol. The van der Waals surface area contributed by atoms with Crippen LogP contribution < -0.4 is 5.56 Å². The van der Waals surface area contributed by atoms with Gasteiger partial charge in [0.05, 0.1) is 22.5 Å². The van der Waals surface area contributed by atoms with Gasteiger partial charge in [-0.2, -0.15) is 10.1 Å². The number of para-hydroxylation sites is 2. The summed E-state index contributed by atoms with van der Waals surface area (Å²) >= 11 is 1.47. The molecule has 0 unspecified atom stereocenters. The third-order valence-electron chi connectivity index (χ3n) is 4.37. The number of nitrogens with zero attached hydrogens (tertiary/aromatic N) is 7.